The first-order valence-corrected chi connectivity index (χ1v) is 10.5. The first-order valence-electron chi connectivity index (χ1n) is 9.65. The lowest BCUT2D eigenvalue weighted by atomic mass is 10.1. The van der Waals surface area contributed by atoms with Crippen molar-refractivity contribution in [2.45, 2.75) is 26.4 Å². The summed E-state index contributed by atoms with van der Waals surface area (Å²) in [5.74, 6) is -0.313. The highest BCUT2D eigenvalue weighted by Gasteiger charge is 2.16. The summed E-state index contributed by atoms with van der Waals surface area (Å²) in [6, 6.07) is 18.9. The number of para-hydroxylation sites is 1. The number of aryl methyl sites for hydroxylation is 2. The van der Waals surface area contributed by atoms with Gasteiger partial charge >= 0.3 is 5.69 Å². The molecule has 2 heterocycles. The molecule has 0 atom stereocenters. The van der Waals surface area contributed by atoms with Crippen LogP contribution in [0.5, 0.6) is 0 Å². The second kappa shape index (κ2) is 8.51. The zero-order valence-electron chi connectivity index (χ0n) is 16.5. The van der Waals surface area contributed by atoms with Crippen molar-refractivity contribution in [1.29, 1.82) is 0 Å². The van der Waals surface area contributed by atoms with Gasteiger partial charge in [-0.3, -0.25) is 18.7 Å². The van der Waals surface area contributed by atoms with Gasteiger partial charge < -0.3 is 5.32 Å². The number of carbonyl (C=O) groups is 1. The van der Waals surface area contributed by atoms with E-state index in [1.807, 2.05) is 61.5 Å². The maximum atomic E-state index is 13.1. The smallest absolute Gasteiger partial charge is 0.324 e. The summed E-state index contributed by atoms with van der Waals surface area (Å²) >= 11 is 1.28. The van der Waals surface area contributed by atoms with E-state index < -0.39 is 5.69 Å². The highest BCUT2D eigenvalue weighted by molar-refractivity contribution is 7.17. The van der Waals surface area contributed by atoms with Crippen molar-refractivity contribution >= 4 is 33.1 Å². The molecule has 0 fully saturated rings. The van der Waals surface area contributed by atoms with Crippen molar-refractivity contribution in [2.24, 2.45) is 0 Å². The zero-order chi connectivity index (χ0) is 21.1. The van der Waals surface area contributed by atoms with Gasteiger partial charge in [0.25, 0.3) is 5.56 Å². The van der Waals surface area contributed by atoms with Crippen LogP contribution in [0.25, 0.3) is 10.2 Å². The number of amides is 1. The molecule has 4 aromatic rings. The van der Waals surface area contributed by atoms with Gasteiger partial charge in [0.05, 0.1) is 5.52 Å². The molecule has 0 bridgehead atoms. The van der Waals surface area contributed by atoms with E-state index in [2.05, 4.69) is 5.32 Å². The molecule has 6 nitrogen and oxygen atoms in total. The van der Waals surface area contributed by atoms with Crippen molar-refractivity contribution in [3.8, 4) is 0 Å². The Balaban J connectivity index is 1.66. The van der Waals surface area contributed by atoms with Gasteiger partial charge in [0.15, 0.2) is 0 Å². The number of benzene rings is 2. The third-order valence-corrected chi connectivity index (χ3v) is 5.92. The molecule has 0 unspecified atom stereocenters. The molecule has 7 heteroatoms. The molecule has 0 saturated carbocycles. The highest BCUT2D eigenvalue weighted by Crippen LogP contribution is 2.16. The lowest BCUT2D eigenvalue weighted by molar-refractivity contribution is -0.116. The summed E-state index contributed by atoms with van der Waals surface area (Å²) in [6.45, 7) is 2.00. The molecule has 30 heavy (non-hydrogen) atoms. The number of anilines is 1. The first kappa shape index (κ1) is 19.8. The number of nitrogens with one attached hydrogen (secondary N) is 1. The lowest BCUT2D eigenvalue weighted by Gasteiger charge is -2.13. The SMILES string of the molecule is Cc1ccccc1NC(=O)Cn1c(=O)n(CCc2ccccc2)c(=O)c2sccc21. The molecular formula is C23H21N3O3S. The van der Waals surface area contributed by atoms with Crippen LogP contribution in [0.3, 0.4) is 0 Å². The Labute approximate surface area is 177 Å². The summed E-state index contributed by atoms with van der Waals surface area (Å²) < 4.78 is 3.09. The fourth-order valence-corrected chi connectivity index (χ4v) is 4.26. The summed E-state index contributed by atoms with van der Waals surface area (Å²) in [7, 11) is 0. The van der Waals surface area contributed by atoms with Crippen molar-refractivity contribution in [3.05, 3.63) is 98.0 Å². The number of hydrogen-bond acceptors (Lipinski definition) is 4. The van der Waals surface area contributed by atoms with E-state index in [9.17, 15) is 14.4 Å². The Kier molecular flexibility index (Phi) is 5.63. The number of rotatable bonds is 6. The van der Waals surface area contributed by atoms with E-state index in [4.69, 9.17) is 0 Å². The summed E-state index contributed by atoms with van der Waals surface area (Å²) in [5, 5.41) is 4.62. The molecule has 0 aliphatic heterocycles. The second-order valence-corrected chi connectivity index (χ2v) is 7.98. The molecule has 2 aromatic carbocycles. The monoisotopic (exact) mass is 419 g/mol. The van der Waals surface area contributed by atoms with Gasteiger partial charge in [0, 0.05) is 12.2 Å². The number of thiophene rings is 1. The quantitative estimate of drug-likeness (QED) is 0.521. The second-order valence-electron chi connectivity index (χ2n) is 7.06. The number of fused-ring (bicyclic) bond motifs is 1. The summed E-state index contributed by atoms with van der Waals surface area (Å²) in [5.41, 5.74) is 2.39. The summed E-state index contributed by atoms with van der Waals surface area (Å²) in [6.07, 6.45) is 0.558. The molecular weight excluding hydrogens is 398 g/mol. The first-order chi connectivity index (χ1) is 14.5. The molecule has 152 valence electrons. The number of nitrogens with zero attached hydrogens (tertiary/aromatic N) is 2. The largest absolute Gasteiger partial charge is 0.332 e. The Bertz CT molecular complexity index is 1320. The lowest BCUT2D eigenvalue weighted by Crippen LogP contribution is -2.41. The Morgan fingerprint density at radius 2 is 1.70 bits per heavy atom. The standard InChI is InChI=1S/C23H21N3O3S/c1-16-7-5-6-10-18(16)24-20(27)15-26-19-12-14-30-21(19)22(28)25(23(26)29)13-11-17-8-3-2-4-9-17/h2-10,12,14H,11,13,15H2,1H3,(H,24,27). The van der Waals surface area contributed by atoms with Crippen LogP contribution < -0.4 is 16.6 Å². The number of carbonyl (C=O) groups excluding carboxylic acids is 1. The minimum Gasteiger partial charge on any atom is -0.324 e. The van der Waals surface area contributed by atoms with Gasteiger partial charge in [0.1, 0.15) is 11.2 Å². The van der Waals surface area contributed by atoms with E-state index in [0.717, 1.165) is 11.1 Å². The molecule has 0 saturated heterocycles. The Morgan fingerprint density at radius 3 is 2.47 bits per heavy atom. The van der Waals surface area contributed by atoms with Gasteiger partial charge in [-0.05, 0) is 42.0 Å². The molecule has 0 spiro atoms. The molecule has 1 amide bonds. The normalized spacial score (nSPS) is 11.0. The van der Waals surface area contributed by atoms with Crippen molar-refractivity contribution < 1.29 is 4.79 Å². The van der Waals surface area contributed by atoms with Gasteiger partial charge in [-0.1, -0.05) is 48.5 Å². The zero-order valence-corrected chi connectivity index (χ0v) is 17.3. The van der Waals surface area contributed by atoms with Gasteiger partial charge in [-0.2, -0.15) is 0 Å². The third kappa shape index (κ3) is 3.97. The van der Waals surface area contributed by atoms with Crippen LogP contribution in [0.15, 0.2) is 75.6 Å². The van der Waals surface area contributed by atoms with Gasteiger partial charge in [-0.15, -0.1) is 11.3 Å². The van der Waals surface area contributed by atoms with E-state index in [-0.39, 0.29) is 24.6 Å². The molecule has 1 N–H and O–H groups in total. The van der Waals surface area contributed by atoms with Crippen molar-refractivity contribution in [3.63, 3.8) is 0 Å². The maximum absolute atomic E-state index is 13.1. The van der Waals surface area contributed by atoms with E-state index in [1.54, 1.807) is 11.4 Å². The fraction of sp³-hybridized carbons (Fsp3) is 0.174. The molecule has 0 aliphatic carbocycles. The van der Waals surface area contributed by atoms with Crippen LogP contribution in [0.4, 0.5) is 5.69 Å². The number of aromatic nitrogens is 2. The number of hydrogen-bond donors (Lipinski definition) is 1. The topological polar surface area (TPSA) is 73.1 Å². The molecule has 0 radical (unpaired) electrons. The summed E-state index contributed by atoms with van der Waals surface area (Å²) in [4.78, 5) is 38.7. The van der Waals surface area contributed by atoms with Crippen LogP contribution in [0.1, 0.15) is 11.1 Å². The average molecular weight is 420 g/mol. The van der Waals surface area contributed by atoms with E-state index >= 15 is 0 Å². The van der Waals surface area contributed by atoms with Crippen LogP contribution in [0.2, 0.25) is 0 Å². The third-order valence-electron chi connectivity index (χ3n) is 5.02. The molecule has 0 aliphatic rings. The van der Waals surface area contributed by atoms with Crippen LogP contribution >= 0.6 is 11.3 Å². The Morgan fingerprint density at radius 1 is 0.967 bits per heavy atom. The Hall–Kier alpha value is -3.45. The minimum absolute atomic E-state index is 0.161. The maximum Gasteiger partial charge on any atom is 0.332 e. The van der Waals surface area contributed by atoms with Gasteiger partial charge in [0.2, 0.25) is 5.91 Å². The minimum atomic E-state index is -0.471. The van der Waals surface area contributed by atoms with Crippen LogP contribution in [-0.2, 0) is 24.3 Å². The predicted octanol–water partition coefficient (Wildman–Crippen LogP) is 3.41. The van der Waals surface area contributed by atoms with Crippen LogP contribution in [-0.4, -0.2) is 15.0 Å². The van der Waals surface area contributed by atoms with E-state index in [0.29, 0.717) is 22.3 Å². The van der Waals surface area contributed by atoms with Crippen LogP contribution in [0, 0.1) is 6.92 Å². The van der Waals surface area contributed by atoms with E-state index in [1.165, 1.54) is 20.5 Å². The average Bonchev–Trinajstić information content (AvgIpc) is 3.24. The highest BCUT2D eigenvalue weighted by atomic mass is 32.1. The molecule has 4 rings (SSSR count). The van der Waals surface area contributed by atoms with Crippen molar-refractivity contribution in [1.82, 2.24) is 9.13 Å². The van der Waals surface area contributed by atoms with Gasteiger partial charge in [-0.25, -0.2) is 4.79 Å². The predicted molar refractivity (Wildman–Crippen MR) is 120 cm³/mol. The van der Waals surface area contributed by atoms with Crippen molar-refractivity contribution in [2.75, 3.05) is 5.32 Å². The molecule has 2 aromatic heterocycles. The fourth-order valence-electron chi connectivity index (χ4n) is 3.42.